The summed E-state index contributed by atoms with van der Waals surface area (Å²) in [5, 5.41) is 9.30. The maximum absolute atomic E-state index is 12.7. The average molecular weight is 390 g/mol. The summed E-state index contributed by atoms with van der Waals surface area (Å²) < 4.78 is 0. The number of nitriles is 1. The van der Waals surface area contributed by atoms with Gasteiger partial charge in [0.25, 0.3) is 0 Å². The highest BCUT2D eigenvalue weighted by atomic mass is 16.2. The van der Waals surface area contributed by atoms with E-state index in [0.29, 0.717) is 24.3 Å². The number of anilines is 2. The third kappa shape index (κ3) is 4.94. The fraction of sp³-hybridized carbons (Fsp3) is 0.348. The van der Waals surface area contributed by atoms with E-state index < -0.39 is 0 Å². The second kappa shape index (κ2) is 9.24. The molecular weight excluding hydrogens is 364 g/mol. The first-order valence-corrected chi connectivity index (χ1v) is 9.86. The molecule has 2 aromatic rings. The van der Waals surface area contributed by atoms with Gasteiger partial charge >= 0.3 is 0 Å². The van der Waals surface area contributed by atoms with E-state index in [0.717, 1.165) is 13.1 Å². The Kier molecular flexibility index (Phi) is 6.50. The van der Waals surface area contributed by atoms with Crippen molar-refractivity contribution in [2.45, 2.75) is 20.3 Å². The topological polar surface area (TPSA) is 67.7 Å². The Balaban J connectivity index is 1.58. The molecule has 2 amide bonds. The SMILES string of the molecule is CC(=O)N(CCC(=O)N1CCN(c2cccc(C)c2)CC1)c1ccccc1C#N. The predicted octanol–water partition coefficient (Wildman–Crippen LogP) is 2.96. The van der Waals surface area contributed by atoms with Gasteiger partial charge < -0.3 is 14.7 Å². The summed E-state index contributed by atoms with van der Waals surface area (Å²) in [6.45, 7) is 6.73. The Bertz CT molecular complexity index is 926. The lowest BCUT2D eigenvalue weighted by molar-refractivity contribution is -0.131. The molecule has 3 rings (SSSR count). The van der Waals surface area contributed by atoms with Gasteiger partial charge in [0.05, 0.1) is 11.3 Å². The molecule has 150 valence electrons. The summed E-state index contributed by atoms with van der Waals surface area (Å²) in [4.78, 5) is 30.5. The van der Waals surface area contributed by atoms with E-state index in [-0.39, 0.29) is 24.8 Å². The Morgan fingerprint density at radius 3 is 2.45 bits per heavy atom. The zero-order valence-electron chi connectivity index (χ0n) is 17.0. The number of carbonyl (C=O) groups is 2. The molecule has 0 N–H and O–H groups in total. The number of hydrogen-bond donors (Lipinski definition) is 0. The number of nitrogens with zero attached hydrogens (tertiary/aromatic N) is 4. The maximum atomic E-state index is 12.7. The quantitative estimate of drug-likeness (QED) is 0.787. The summed E-state index contributed by atoms with van der Waals surface area (Å²) in [5.41, 5.74) is 3.40. The van der Waals surface area contributed by atoms with E-state index in [2.05, 4.69) is 42.2 Å². The van der Waals surface area contributed by atoms with Crippen LogP contribution in [0, 0.1) is 18.3 Å². The molecule has 0 aliphatic carbocycles. The second-order valence-electron chi connectivity index (χ2n) is 7.26. The zero-order chi connectivity index (χ0) is 20.8. The summed E-state index contributed by atoms with van der Waals surface area (Å²) in [6.07, 6.45) is 0.240. The third-order valence-corrected chi connectivity index (χ3v) is 5.24. The normalized spacial score (nSPS) is 13.7. The predicted molar refractivity (Wildman–Crippen MR) is 114 cm³/mol. The fourth-order valence-electron chi connectivity index (χ4n) is 3.66. The lowest BCUT2D eigenvalue weighted by Gasteiger charge is -2.36. The van der Waals surface area contributed by atoms with Crippen molar-refractivity contribution in [2.24, 2.45) is 0 Å². The molecule has 1 saturated heterocycles. The molecule has 1 aliphatic rings. The molecule has 0 spiro atoms. The van der Waals surface area contributed by atoms with Crippen LogP contribution < -0.4 is 9.80 Å². The molecule has 0 saturated carbocycles. The fourth-order valence-corrected chi connectivity index (χ4v) is 3.66. The number of piperazine rings is 1. The first-order valence-electron chi connectivity index (χ1n) is 9.86. The van der Waals surface area contributed by atoms with Crippen molar-refractivity contribution in [3.8, 4) is 6.07 Å². The first-order chi connectivity index (χ1) is 14.0. The minimum Gasteiger partial charge on any atom is -0.368 e. The van der Waals surface area contributed by atoms with Crippen molar-refractivity contribution >= 4 is 23.2 Å². The average Bonchev–Trinajstić information content (AvgIpc) is 2.74. The summed E-state index contributed by atoms with van der Waals surface area (Å²) in [6, 6.07) is 17.5. The highest BCUT2D eigenvalue weighted by Gasteiger charge is 2.23. The van der Waals surface area contributed by atoms with Crippen molar-refractivity contribution < 1.29 is 9.59 Å². The van der Waals surface area contributed by atoms with Crippen LogP contribution in [0.4, 0.5) is 11.4 Å². The Morgan fingerprint density at radius 1 is 1.07 bits per heavy atom. The standard InChI is InChI=1S/C23H26N4O2/c1-18-6-5-8-21(16-18)25-12-14-26(15-13-25)23(29)10-11-27(19(2)28)22-9-4-3-7-20(22)17-24/h3-9,16H,10-15H2,1-2H3. The molecule has 1 heterocycles. The molecule has 1 aliphatic heterocycles. The maximum Gasteiger partial charge on any atom is 0.224 e. The van der Waals surface area contributed by atoms with E-state index in [9.17, 15) is 14.9 Å². The van der Waals surface area contributed by atoms with E-state index in [1.165, 1.54) is 23.1 Å². The first kappa shape index (κ1) is 20.4. The highest BCUT2D eigenvalue weighted by Crippen LogP contribution is 2.21. The molecule has 2 aromatic carbocycles. The molecule has 0 radical (unpaired) electrons. The van der Waals surface area contributed by atoms with Gasteiger partial charge in [-0.25, -0.2) is 0 Å². The Hall–Kier alpha value is -3.33. The minimum atomic E-state index is -0.176. The van der Waals surface area contributed by atoms with Gasteiger partial charge in [-0.15, -0.1) is 0 Å². The van der Waals surface area contributed by atoms with Crippen LogP contribution in [0.1, 0.15) is 24.5 Å². The van der Waals surface area contributed by atoms with Crippen LogP contribution in [0.3, 0.4) is 0 Å². The van der Waals surface area contributed by atoms with Crippen LogP contribution in [-0.2, 0) is 9.59 Å². The number of benzene rings is 2. The van der Waals surface area contributed by atoms with E-state index in [4.69, 9.17) is 0 Å². The van der Waals surface area contributed by atoms with Gasteiger partial charge in [-0.05, 0) is 36.8 Å². The van der Waals surface area contributed by atoms with Gasteiger partial charge in [-0.1, -0.05) is 24.3 Å². The Morgan fingerprint density at radius 2 is 1.79 bits per heavy atom. The number of amides is 2. The van der Waals surface area contributed by atoms with Crippen molar-refractivity contribution in [3.63, 3.8) is 0 Å². The second-order valence-corrected chi connectivity index (χ2v) is 7.26. The smallest absolute Gasteiger partial charge is 0.224 e. The number of hydrogen-bond acceptors (Lipinski definition) is 4. The monoisotopic (exact) mass is 390 g/mol. The molecule has 6 heteroatoms. The van der Waals surface area contributed by atoms with Crippen LogP contribution >= 0.6 is 0 Å². The lowest BCUT2D eigenvalue weighted by Crippen LogP contribution is -2.49. The minimum absolute atomic E-state index is 0.0366. The molecule has 0 bridgehead atoms. The van der Waals surface area contributed by atoms with Gasteiger partial charge in [0.2, 0.25) is 11.8 Å². The molecule has 0 atom stereocenters. The van der Waals surface area contributed by atoms with Gasteiger partial charge in [0, 0.05) is 51.8 Å². The van der Waals surface area contributed by atoms with Crippen LogP contribution in [0.25, 0.3) is 0 Å². The van der Waals surface area contributed by atoms with E-state index in [1.54, 1.807) is 24.3 Å². The van der Waals surface area contributed by atoms with Crippen LogP contribution in [0.2, 0.25) is 0 Å². The molecular formula is C23H26N4O2. The van der Waals surface area contributed by atoms with E-state index in [1.807, 2.05) is 4.90 Å². The Labute approximate surface area is 171 Å². The molecule has 6 nitrogen and oxygen atoms in total. The molecule has 0 unspecified atom stereocenters. The van der Waals surface area contributed by atoms with Crippen molar-refractivity contribution in [1.29, 1.82) is 5.26 Å². The van der Waals surface area contributed by atoms with Crippen molar-refractivity contribution in [3.05, 3.63) is 59.7 Å². The summed E-state index contributed by atoms with van der Waals surface area (Å²) in [7, 11) is 0. The van der Waals surface area contributed by atoms with E-state index >= 15 is 0 Å². The number of rotatable bonds is 5. The van der Waals surface area contributed by atoms with Crippen LogP contribution in [-0.4, -0.2) is 49.4 Å². The highest BCUT2D eigenvalue weighted by molar-refractivity contribution is 5.93. The van der Waals surface area contributed by atoms with Gasteiger partial charge in [-0.3, -0.25) is 9.59 Å². The summed E-state index contributed by atoms with van der Waals surface area (Å²) >= 11 is 0. The van der Waals surface area contributed by atoms with Gasteiger partial charge in [-0.2, -0.15) is 5.26 Å². The third-order valence-electron chi connectivity index (χ3n) is 5.24. The number of aryl methyl sites for hydroxylation is 1. The molecule has 0 aromatic heterocycles. The largest absolute Gasteiger partial charge is 0.368 e. The zero-order valence-corrected chi connectivity index (χ0v) is 17.0. The van der Waals surface area contributed by atoms with Crippen molar-refractivity contribution in [1.82, 2.24) is 4.90 Å². The van der Waals surface area contributed by atoms with Gasteiger partial charge in [0.15, 0.2) is 0 Å². The molecule has 1 fully saturated rings. The van der Waals surface area contributed by atoms with Gasteiger partial charge in [0.1, 0.15) is 6.07 Å². The number of carbonyl (C=O) groups excluding carboxylic acids is 2. The van der Waals surface area contributed by atoms with Crippen LogP contribution in [0.15, 0.2) is 48.5 Å². The lowest BCUT2D eigenvalue weighted by atomic mass is 10.1. The number of para-hydroxylation sites is 1. The summed E-state index contributed by atoms with van der Waals surface area (Å²) in [5.74, 6) is -0.139. The molecule has 29 heavy (non-hydrogen) atoms. The van der Waals surface area contributed by atoms with Crippen LogP contribution in [0.5, 0.6) is 0 Å². The van der Waals surface area contributed by atoms with Crippen molar-refractivity contribution in [2.75, 3.05) is 42.5 Å².